The van der Waals surface area contributed by atoms with Crippen molar-refractivity contribution in [3.63, 3.8) is 0 Å². The van der Waals surface area contributed by atoms with Gasteiger partial charge in [0.05, 0.1) is 10.6 Å². The second-order valence-electron chi connectivity index (χ2n) is 8.50. The van der Waals surface area contributed by atoms with Crippen LogP contribution in [-0.2, 0) is 15.4 Å². The van der Waals surface area contributed by atoms with E-state index in [4.69, 9.17) is 0 Å². The Morgan fingerprint density at radius 1 is 0.774 bits per heavy atom. The van der Waals surface area contributed by atoms with Gasteiger partial charge in [-0.25, -0.2) is 8.42 Å². The summed E-state index contributed by atoms with van der Waals surface area (Å²) in [5, 5.41) is 0. The summed E-state index contributed by atoms with van der Waals surface area (Å²) in [6.07, 6.45) is 0. The first-order valence-corrected chi connectivity index (χ1v) is 11.5. The van der Waals surface area contributed by atoms with Gasteiger partial charge in [0, 0.05) is 25.3 Å². The van der Waals surface area contributed by atoms with Gasteiger partial charge in [0.1, 0.15) is 0 Å². The highest BCUT2D eigenvalue weighted by Gasteiger charge is 2.23. The maximum atomic E-state index is 13.1. The molecule has 0 radical (unpaired) electrons. The highest BCUT2D eigenvalue weighted by atomic mass is 32.2. The first-order valence-electron chi connectivity index (χ1n) is 10.0. The van der Waals surface area contributed by atoms with E-state index < -0.39 is 10.0 Å². The summed E-state index contributed by atoms with van der Waals surface area (Å²) < 4.78 is 27.4. The zero-order valence-corrected chi connectivity index (χ0v) is 19.3. The van der Waals surface area contributed by atoms with E-state index in [1.165, 1.54) is 33.9 Å². The van der Waals surface area contributed by atoms with Gasteiger partial charge in [-0.2, -0.15) is 0 Å². The summed E-state index contributed by atoms with van der Waals surface area (Å²) in [4.78, 5) is 14.7. The number of hydrogen-bond donors (Lipinski definition) is 0. The Hall–Kier alpha value is -3.12. The maximum absolute atomic E-state index is 13.1. The first-order chi connectivity index (χ1) is 14.5. The molecule has 5 nitrogen and oxygen atoms in total. The van der Waals surface area contributed by atoms with E-state index in [0.29, 0.717) is 11.3 Å². The molecule has 0 spiro atoms. The van der Waals surface area contributed by atoms with Gasteiger partial charge < -0.3 is 4.90 Å². The van der Waals surface area contributed by atoms with Crippen LogP contribution in [0.5, 0.6) is 0 Å². The third-order valence-corrected chi connectivity index (χ3v) is 7.07. The molecule has 0 fully saturated rings. The molecule has 0 bridgehead atoms. The SMILES string of the molecule is CN(C(=O)c1cccc(S(=O)(=O)N(C)c2ccccc2)c1)c1ccc(C(C)(C)C)cc1. The van der Waals surface area contributed by atoms with E-state index in [1.807, 2.05) is 30.3 Å². The zero-order chi connectivity index (χ0) is 22.8. The number of para-hydroxylation sites is 1. The Kier molecular flexibility index (Phi) is 6.23. The fourth-order valence-electron chi connectivity index (χ4n) is 3.22. The number of rotatable bonds is 5. The van der Waals surface area contributed by atoms with Crippen LogP contribution < -0.4 is 9.21 Å². The molecule has 31 heavy (non-hydrogen) atoms. The van der Waals surface area contributed by atoms with Gasteiger partial charge >= 0.3 is 0 Å². The van der Waals surface area contributed by atoms with Gasteiger partial charge in [0.2, 0.25) is 0 Å². The lowest BCUT2D eigenvalue weighted by atomic mass is 9.87. The van der Waals surface area contributed by atoms with Crippen LogP contribution in [0.4, 0.5) is 11.4 Å². The van der Waals surface area contributed by atoms with Crippen LogP contribution in [0.3, 0.4) is 0 Å². The van der Waals surface area contributed by atoms with Crippen molar-refractivity contribution in [2.24, 2.45) is 0 Å². The minimum atomic E-state index is -3.80. The number of benzene rings is 3. The van der Waals surface area contributed by atoms with Crippen molar-refractivity contribution in [1.82, 2.24) is 0 Å². The van der Waals surface area contributed by atoms with Crippen molar-refractivity contribution in [3.05, 3.63) is 90.0 Å². The second kappa shape index (κ2) is 8.55. The second-order valence-corrected chi connectivity index (χ2v) is 10.5. The van der Waals surface area contributed by atoms with E-state index in [9.17, 15) is 13.2 Å². The fraction of sp³-hybridized carbons (Fsp3) is 0.240. The molecule has 0 unspecified atom stereocenters. The molecule has 0 aliphatic heterocycles. The van der Waals surface area contributed by atoms with Crippen LogP contribution in [0.1, 0.15) is 36.7 Å². The van der Waals surface area contributed by atoms with Gasteiger partial charge in [-0.15, -0.1) is 0 Å². The number of carbonyl (C=O) groups is 1. The molecule has 0 aliphatic carbocycles. The van der Waals surface area contributed by atoms with Crippen LogP contribution in [0.25, 0.3) is 0 Å². The number of hydrogen-bond acceptors (Lipinski definition) is 3. The zero-order valence-electron chi connectivity index (χ0n) is 18.5. The van der Waals surface area contributed by atoms with Crippen LogP contribution in [0, 0.1) is 0 Å². The van der Waals surface area contributed by atoms with E-state index in [-0.39, 0.29) is 16.2 Å². The van der Waals surface area contributed by atoms with Crippen LogP contribution >= 0.6 is 0 Å². The summed E-state index contributed by atoms with van der Waals surface area (Å²) in [5.41, 5.74) is 2.80. The molecular weight excluding hydrogens is 408 g/mol. The molecule has 0 atom stereocenters. The Balaban J connectivity index is 1.87. The van der Waals surface area contributed by atoms with Crippen LogP contribution in [0.2, 0.25) is 0 Å². The third kappa shape index (κ3) is 4.80. The van der Waals surface area contributed by atoms with E-state index in [0.717, 1.165) is 5.69 Å². The maximum Gasteiger partial charge on any atom is 0.264 e. The summed E-state index contributed by atoms with van der Waals surface area (Å²) >= 11 is 0. The number of carbonyl (C=O) groups excluding carboxylic acids is 1. The molecule has 0 saturated carbocycles. The van der Waals surface area contributed by atoms with E-state index >= 15 is 0 Å². The van der Waals surface area contributed by atoms with Gasteiger partial charge in [-0.05, 0) is 53.4 Å². The molecule has 3 aromatic rings. The highest BCUT2D eigenvalue weighted by molar-refractivity contribution is 7.92. The summed E-state index contributed by atoms with van der Waals surface area (Å²) in [5.74, 6) is -0.275. The van der Waals surface area contributed by atoms with E-state index in [2.05, 4.69) is 20.8 Å². The van der Waals surface area contributed by atoms with Gasteiger partial charge in [0.15, 0.2) is 0 Å². The molecule has 6 heteroatoms. The first kappa shape index (κ1) is 22.6. The van der Waals surface area contributed by atoms with Crippen molar-refractivity contribution in [2.75, 3.05) is 23.3 Å². The van der Waals surface area contributed by atoms with Gasteiger partial charge in [0.25, 0.3) is 15.9 Å². The Labute approximate surface area is 185 Å². The predicted molar refractivity (Wildman–Crippen MR) is 126 cm³/mol. The molecule has 3 rings (SSSR count). The van der Waals surface area contributed by atoms with Crippen molar-refractivity contribution in [1.29, 1.82) is 0 Å². The lowest BCUT2D eigenvalue weighted by Gasteiger charge is -2.22. The smallest absolute Gasteiger partial charge is 0.264 e. The average Bonchev–Trinajstić information content (AvgIpc) is 2.77. The highest BCUT2D eigenvalue weighted by Crippen LogP contribution is 2.26. The Morgan fingerprint density at radius 3 is 1.97 bits per heavy atom. The number of anilines is 2. The van der Waals surface area contributed by atoms with E-state index in [1.54, 1.807) is 43.4 Å². The number of sulfonamides is 1. The largest absolute Gasteiger partial charge is 0.311 e. The molecule has 0 saturated heterocycles. The summed E-state index contributed by atoms with van der Waals surface area (Å²) in [6, 6.07) is 22.8. The topological polar surface area (TPSA) is 57.7 Å². The van der Waals surface area contributed by atoms with Crippen molar-refractivity contribution < 1.29 is 13.2 Å². The molecule has 3 aromatic carbocycles. The summed E-state index contributed by atoms with van der Waals surface area (Å²) in [7, 11) is -0.610. The minimum absolute atomic E-state index is 0.0224. The molecule has 1 amide bonds. The third-order valence-electron chi connectivity index (χ3n) is 5.28. The quantitative estimate of drug-likeness (QED) is 0.560. The summed E-state index contributed by atoms with van der Waals surface area (Å²) in [6.45, 7) is 6.40. The normalized spacial score (nSPS) is 11.8. The minimum Gasteiger partial charge on any atom is -0.311 e. The standard InChI is InChI=1S/C25H28N2O3S/c1-25(2,3)20-14-16-21(17-15-20)26(4)24(28)19-10-9-13-23(18-19)31(29,30)27(5)22-11-7-6-8-12-22/h6-18H,1-5H3. The van der Waals surface area contributed by atoms with Gasteiger partial charge in [-0.1, -0.05) is 57.2 Å². The Morgan fingerprint density at radius 2 is 1.39 bits per heavy atom. The molecule has 0 heterocycles. The monoisotopic (exact) mass is 436 g/mol. The molecule has 0 aliphatic rings. The van der Waals surface area contributed by atoms with Crippen LogP contribution in [0.15, 0.2) is 83.8 Å². The Bertz CT molecular complexity index is 1170. The molecule has 0 aromatic heterocycles. The fourth-order valence-corrected chi connectivity index (χ4v) is 4.46. The molecular formula is C25H28N2O3S. The van der Waals surface area contributed by atoms with Crippen LogP contribution in [-0.4, -0.2) is 28.4 Å². The number of nitrogens with zero attached hydrogens (tertiary/aromatic N) is 2. The van der Waals surface area contributed by atoms with Crippen molar-refractivity contribution in [3.8, 4) is 0 Å². The lowest BCUT2D eigenvalue weighted by Crippen LogP contribution is -2.28. The molecule has 162 valence electrons. The molecule has 0 N–H and O–H groups in total. The van der Waals surface area contributed by atoms with Gasteiger partial charge in [-0.3, -0.25) is 9.10 Å². The predicted octanol–water partition coefficient (Wildman–Crippen LogP) is 5.09. The average molecular weight is 437 g/mol. The lowest BCUT2D eigenvalue weighted by molar-refractivity contribution is 0.0993. The van der Waals surface area contributed by atoms with Crippen molar-refractivity contribution in [2.45, 2.75) is 31.1 Å². The number of amides is 1. The van der Waals surface area contributed by atoms with Crippen molar-refractivity contribution >= 4 is 27.3 Å².